The molecule has 6 heteroatoms. The first-order chi connectivity index (χ1) is 15.1. The van der Waals surface area contributed by atoms with Gasteiger partial charge in [0.05, 0.1) is 23.9 Å². The number of carbonyl (C=O) groups is 1. The van der Waals surface area contributed by atoms with Crippen molar-refractivity contribution in [2.24, 2.45) is 0 Å². The summed E-state index contributed by atoms with van der Waals surface area (Å²) in [6.07, 6.45) is 1.71. The standard InChI is InChI=1S/C25H23N3O3/c1-3-31-25(30)18-7-6-8-19(15-18)28-23(21-9-4-5-14-26-21)20-13-12-17-11-10-16(2)27-22(17)24(20)29/h4-15,23,28-29H,3H2,1-2H3. The summed E-state index contributed by atoms with van der Waals surface area (Å²) in [5.41, 5.74) is 3.90. The van der Waals surface area contributed by atoms with Crippen LogP contribution in [0.4, 0.5) is 5.69 Å². The number of hydrogen-bond donors (Lipinski definition) is 2. The van der Waals surface area contributed by atoms with Crippen molar-refractivity contribution in [3.05, 3.63) is 95.4 Å². The van der Waals surface area contributed by atoms with E-state index < -0.39 is 6.04 Å². The van der Waals surface area contributed by atoms with Crippen LogP contribution in [0, 0.1) is 6.92 Å². The predicted octanol–water partition coefficient (Wildman–Crippen LogP) is 5.02. The van der Waals surface area contributed by atoms with E-state index in [0.29, 0.717) is 28.9 Å². The Morgan fingerprint density at radius 2 is 1.94 bits per heavy atom. The summed E-state index contributed by atoms with van der Waals surface area (Å²) in [6.45, 7) is 3.97. The van der Waals surface area contributed by atoms with Gasteiger partial charge in [-0.2, -0.15) is 0 Å². The maximum atomic E-state index is 12.1. The number of rotatable bonds is 6. The largest absolute Gasteiger partial charge is 0.505 e. The van der Waals surface area contributed by atoms with Gasteiger partial charge in [0.15, 0.2) is 0 Å². The number of phenols is 1. The maximum absolute atomic E-state index is 12.1. The highest BCUT2D eigenvalue weighted by Crippen LogP contribution is 2.36. The molecule has 2 aromatic carbocycles. The summed E-state index contributed by atoms with van der Waals surface area (Å²) in [5, 5.41) is 15.4. The molecule has 0 saturated carbocycles. The molecule has 2 N–H and O–H groups in total. The Labute approximate surface area is 180 Å². The van der Waals surface area contributed by atoms with Crippen molar-refractivity contribution >= 4 is 22.6 Å². The fraction of sp³-hybridized carbons (Fsp3) is 0.160. The van der Waals surface area contributed by atoms with Gasteiger partial charge >= 0.3 is 5.97 Å². The molecule has 0 bridgehead atoms. The third-order valence-corrected chi connectivity index (χ3v) is 4.99. The van der Waals surface area contributed by atoms with Gasteiger partial charge in [0, 0.05) is 28.5 Å². The Hall–Kier alpha value is -3.93. The molecular weight excluding hydrogens is 390 g/mol. The number of carbonyl (C=O) groups excluding carboxylic acids is 1. The second-order valence-corrected chi connectivity index (χ2v) is 7.16. The quantitative estimate of drug-likeness (QED) is 0.432. The molecule has 6 nitrogen and oxygen atoms in total. The average Bonchev–Trinajstić information content (AvgIpc) is 2.79. The van der Waals surface area contributed by atoms with Crippen molar-refractivity contribution in [2.45, 2.75) is 19.9 Å². The normalized spacial score (nSPS) is 11.8. The van der Waals surface area contributed by atoms with Gasteiger partial charge in [-0.05, 0) is 50.2 Å². The van der Waals surface area contributed by atoms with Gasteiger partial charge in [-0.1, -0.05) is 30.3 Å². The molecule has 4 rings (SSSR count). The first kappa shape index (κ1) is 20.3. The SMILES string of the molecule is CCOC(=O)c1cccc(NC(c2ccccn2)c2ccc3ccc(C)nc3c2O)c1. The Kier molecular flexibility index (Phi) is 5.80. The molecule has 0 radical (unpaired) electrons. The second kappa shape index (κ2) is 8.83. The van der Waals surface area contributed by atoms with Crippen LogP contribution in [0.25, 0.3) is 10.9 Å². The Morgan fingerprint density at radius 1 is 1.10 bits per heavy atom. The highest BCUT2D eigenvalue weighted by atomic mass is 16.5. The molecule has 4 aromatic rings. The van der Waals surface area contributed by atoms with E-state index in [1.165, 1.54) is 0 Å². The number of hydrogen-bond acceptors (Lipinski definition) is 6. The lowest BCUT2D eigenvalue weighted by molar-refractivity contribution is 0.0526. The van der Waals surface area contributed by atoms with Gasteiger partial charge in [0.1, 0.15) is 11.3 Å². The molecule has 1 atom stereocenters. The van der Waals surface area contributed by atoms with Crippen LogP contribution in [-0.2, 0) is 4.74 Å². The first-order valence-corrected chi connectivity index (χ1v) is 10.1. The molecule has 1 unspecified atom stereocenters. The predicted molar refractivity (Wildman–Crippen MR) is 120 cm³/mol. The minimum atomic E-state index is -0.453. The minimum Gasteiger partial charge on any atom is -0.505 e. The van der Waals surface area contributed by atoms with E-state index in [1.807, 2.05) is 55.5 Å². The molecule has 0 amide bonds. The molecule has 0 saturated heterocycles. The van der Waals surface area contributed by atoms with E-state index in [4.69, 9.17) is 4.74 Å². The maximum Gasteiger partial charge on any atom is 0.338 e. The molecule has 0 aliphatic rings. The van der Waals surface area contributed by atoms with Crippen LogP contribution in [0.1, 0.15) is 40.3 Å². The van der Waals surface area contributed by atoms with Crippen molar-refractivity contribution in [1.29, 1.82) is 0 Å². The number of nitrogens with one attached hydrogen (secondary N) is 1. The fourth-order valence-electron chi connectivity index (χ4n) is 3.49. The Morgan fingerprint density at radius 3 is 2.71 bits per heavy atom. The number of benzene rings is 2. The van der Waals surface area contributed by atoms with E-state index >= 15 is 0 Å². The van der Waals surface area contributed by atoms with Gasteiger partial charge in [0.2, 0.25) is 0 Å². The number of anilines is 1. The third-order valence-electron chi connectivity index (χ3n) is 4.99. The molecular formula is C25H23N3O3. The van der Waals surface area contributed by atoms with Gasteiger partial charge < -0.3 is 15.2 Å². The summed E-state index contributed by atoms with van der Waals surface area (Å²) in [6, 6.07) is 19.9. The van der Waals surface area contributed by atoms with E-state index in [-0.39, 0.29) is 11.7 Å². The van der Waals surface area contributed by atoms with Crippen LogP contribution >= 0.6 is 0 Å². The van der Waals surface area contributed by atoms with E-state index in [2.05, 4.69) is 15.3 Å². The molecule has 0 fully saturated rings. The third kappa shape index (κ3) is 4.33. The molecule has 31 heavy (non-hydrogen) atoms. The van der Waals surface area contributed by atoms with Crippen LogP contribution in [0.5, 0.6) is 5.75 Å². The Balaban J connectivity index is 1.78. The molecule has 2 aromatic heterocycles. The lowest BCUT2D eigenvalue weighted by Gasteiger charge is -2.22. The topological polar surface area (TPSA) is 84.3 Å². The zero-order valence-electron chi connectivity index (χ0n) is 17.4. The molecule has 2 heterocycles. The highest BCUT2D eigenvalue weighted by molar-refractivity contribution is 5.90. The van der Waals surface area contributed by atoms with Crippen LogP contribution in [-0.4, -0.2) is 27.7 Å². The van der Waals surface area contributed by atoms with Crippen molar-refractivity contribution in [2.75, 3.05) is 11.9 Å². The van der Waals surface area contributed by atoms with Crippen LogP contribution in [0.15, 0.2) is 72.9 Å². The van der Waals surface area contributed by atoms with Crippen LogP contribution in [0.2, 0.25) is 0 Å². The van der Waals surface area contributed by atoms with Gasteiger partial charge in [0.25, 0.3) is 0 Å². The summed E-state index contributed by atoms with van der Waals surface area (Å²) in [4.78, 5) is 21.2. The number of ether oxygens (including phenoxy) is 1. The average molecular weight is 413 g/mol. The summed E-state index contributed by atoms with van der Waals surface area (Å²) < 4.78 is 5.11. The summed E-state index contributed by atoms with van der Waals surface area (Å²) >= 11 is 0. The number of fused-ring (bicyclic) bond motifs is 1. The van der Waals surface area contributed by atoms with E-state index in [1.54, 1.807) is 31.3 Å². The van der Waals surface area contributed by atoms with Crippen molar-refractivity contribution in [3.8, 4) is 5.75 Å². The minimum absolute atomic E-state index is 0.103. The Bertz CT molecular complexity index is 1230. The molecule has 0 spiro atoms. The fourth-order valence-corrected chi connectivity index (χ4v) is 3.49. The highest BCUT2D eigenvalue weighted by Gasteiger charge is 2.21. The second-order valence-electron chi connectivity index (χ2n) is 7.16. The number of esters is 1. The number of aromatic hydroxyl groups is 1. The zero-order chi connectivity index (χ0) is 21.8. The lowest BCUT2D eigenvalue weighted by atomic mass is 9.99. The van der Waals surface area contributed by atoms with Crippen LogP contribution in [0.3, 0.4) is 0 Å². The van der Waals surface area contributed by atoms with Crippen LogP contribution < -0.4 is 5.32 Å². The lowest BCUT2D eigenvalue weighted by Crippen LogP contribution is -2.15. The van der Waals surface area contributed by atoms with Gasteiger partial charge in [-0.3, -0.25) is 4.98 Å². The van der Waals surface area contributed by atoms with Crippen molar-refractivity contribution < 1.29 is 14.6 Å². The number of pyridine rings is 2. The van der Waals surface area contributed by atoms with Gasteiger partial charge in [-0.15, -0.1) is 0 Å². The zero-order valence-corrected chi connectivity index (χ0v) is 17.4. The summed E-state index contributed by atoms with van der Waals surface area (Å²) in [5.74, 6) is -0.278. The number of aromatic nitrogens is 2. The van der Waals surface area contributed by atoms with Gasteiger partial charge in [-0.25, -0.2) is 9.78 Å². The monoisotopic (exact) mass is 413 g/mol. The molecule has 0 aliphatic carbocycles. The first-order valence-electron chi connectivity index (χ1n) is 10.1. The van der Waals surface area contributed by atoms with E-state index in [0.717, 1.165) is 16.8 Å². The number of nitrogens with zero attached hydrogens (tertiary/aromatic N) is 2. The number of aryl methyl sites for hydroxylation is 1. The summed E-state index contributed by atoms with van der Waals surface area (Å²) in [7, 11) is 0. The number of phenolic OH excluding ortho intramolecular Hbond substituents is 1. The smallest absolute Gasteiger partial charge is 0.338 e. The molecule has 156 valence electrons. The van der Waals surface area contributed by atoms with Crippen molar-refractivity contribution in [1.82, 2.24) is 9.97 Å². The van der Waals surface area contributed by atoms with E-state index in [9.17, 15) is 9.90 Å². The molecule has 0 aliphatic heterocycles. The van der Waals surface area contributed by atoms with Crippen molar-refractivity contribution in [3.63, 3.8) is 0 Å².